The van der Waals surface area contributed by atoms with Gasteiger partial charge in [0.1, 0.15) is 56.9 Å². The summed E-state index contributed by atoms with van der Waals surface area (Å²) >= 11 is 0. The Bertz CT molecular complexity index is 991. The molecule has 4 aromatic rings. The number of ether oxygens (including phenoxy) is 6. The molecule has 4 rings (SSSR count). The number of hydrogen-bond acceptors (Lipinski definition) is 9. The van der Waals surface area contributed by atoms with Crippen molar-refractivity contribution in [1.82, 2.24) is 15.0 Å². The van der Waals surface area contributed by atoms with Crippen LogP contribution in [0, 0.1) is 0 Å². The number of hydrogen-bond donors (Lipinski definition) is 0. The van der Waals surface area contributed by atoms with Crippen molar-refractivity contribution in [3.8, 4) is 35.3 Å². The Labute approximate surface area is 209 Å². The quantitative estimate of drug-likeness (QED) is 0.227. The molecular formula is C27H27N3O6. The van der Waals surface area contributed by atoms with E-state index in [1.807, 2.05) is 91.0 Å². The van der Waals surface area contributed by atoms with E-state index < -0.39 is 0 Å². The predicted molar refractivity (Wildman–Crippen MR) is 132 cm³/mol. The average Bonchev–Trinajstić information content (AvgIpc) is 2.93. The maximum atomic E-state index is 5.65. The van der Waals surface area contributed by atoms with E-state index >= 15 is 0 Å². The molecule has 0 amide bonds. The SMILES string of the molecule is c1ccc(OCCOc2nc(OCCOc3ccccc3)nc(OCCOc3ccccc3)n2)cc1. The van der Waals surface area contributed by atoms with Gasteiger partial charge in [0.2, 0.25) is 0 Å². The molecular weight excluding hydrogens is 462 g/mol. The molecule has 0 aliphatic rings. The van der Waals surface area contributed by atoms with Gasteiger partial charge in [0.25, 0.3) is 0 Å². The Hall–Kier alpha value is -4.53. The Morgan fingerprint density at radius 1 is 0.333 bits per heavy atom. The number of aromatic nitrogens is 3. The summed E-state index contributed by atoms with van der Waals surface area (Å²) < 4.78 is 33.9. The maximum absolute atomic E-state index is 5.65. The first-order valence-corrected chi connectivity index (χ1v) is 11.5. The van der Waals surface area contributed by atoms with E-state index in [1.165, 1.54) is 0 Å². The molecule has 0 atom stereocenters. The van der Waals surface area contributed by atoms with Gasteiger partial charge in [0.05, 0.1) is 0 Å². The highest BCUT2D eigenvalue weighted by molar-refractivity contribution is 5.22. The molecule has 0 unspecified atom stereocenters. The molecule has 0 fully saturated rings. The summed E-state index contributed by atoms with van der Waals surface area (Å²) in [5.41, 5.74) is 0. The highest BCUT2D eigenvalue weighted by Gasteiger charge is 2.11. The third kappa shape index (κ3) is 8.68. The number of para-hydroxylation sites is 3. The number of benzene rings is 3. The molecule has 0 aliphatic heterocycles. The van der Waals surface area contributed by atoms with Crippen molar-refractivity contribution < 1.29 is 28.4 Å². The van der Waals surface area contributed by atoms with Crippen LogP contribution in [0.25, 0.3) is 0 Å². The van der Waals surface area contributed by atoms with Crippen molar-refractivity contribution in [2.45, 2.75) is 0 Å². The highest BCUT2D eigenvalue weighted by Crippen LogP contribution is 2.16. The summed E-state index contributed by atoms with van der Waals surface area (Å²) in [5, 5.41) is 0. The molecule has 9 nitrogen and oxygen atoms in total. The summed E-state index contributed by atoms with van der Waals surface area (Å²) in [7, 11) is 0. The van der Waals surface area contributed by atoms with E-state index in [2.05, 4.69) is 15.0 Å². The predicted octanol–water partition coefficient (Wildman–Crippen LogP) is 4.25. The van der Waals surface area contributed by atoms with E-state index in [4.69, 9.17) is 28.4 Å². The second-order valence-electron chi connectivity index (χ2n) is 7.21. The van der Waals surface area contributed by atoms with Gasteiger partial charge in [-0.15, -0.1) is 15.0 Å². The van der Waals surface area contributed by atoms with Crippen molar-refractivity contribution in [1.29, 1.82) is 0 Å². The molecule has 0 bridgehead atoms. The van der Waals surface area contributed by atoms with Gasteiger partial charge in [-0.2, -0.15) is 0 Å². The van der Waals surface area contributed by atoms with Crippen LogP contribution in [0.4, 0.5) is 0 Å². The van der Waals surface area contributed by atoms with Crippen LogP contribution in [-0.4, -0.2) is 54.6 Å². The fourth-order valence-electron chi connectivity index (χ4n) is 2.94. The summed E-state index contributed by atoms with van der Waals surface area (Å²) in [4.78, 5) is 12.6. The zero-order valence-corrected chi connectivity index (χ0v) is 19.7. The van der Waals surface area contributed by atoms with E-state index in [-0.39, 0.29) is 37.9 Å². The lowest BCUT2D eigenvalue weighted by Gasteiger charge is -2.11. The number of rotatable bonds is 15. The standard InChI is InChI=1S/C27H27N3O6/c1-4-10-22(11-5-1)31-16-19-34-25-28-26(35-20-17-32-23-12-6-2-7-13-23)30-27(29-25)36-21-18-33-24-14-8-3-9-15-24/h1-15H,16-21H2. The van der Waals surface area contributed by atoms with Crippen molar-refractivity contribution in [2.75, 3.05) is 39.6 Å². The third-order valence-electron chi connectivity index (χ3n) is 4.55. The van der Waals surface area contributed by atoms with Crippen LogP contribution in [0.1, 0.15) is 0 Å². The van der Waals surface area contributed by atoms with Gasteiger partial charge in [0, 0.05) is 0 Å². The maximum Gasteiger partial charge on any atom is 0.325 e. The minimum atomic E-state index is 0.0691. The van der Waals surface area contributed by atoms with E-state index in [0.717, 1.165) is 17.2 Å². The van der Waals surface area contributed by atoms with Crippen LogP contribution in [0.5, 0.6) is 35.3 Å². The van der Waals surface area contributed by atoms with E-state index in [9.17, 15) is 0 Å². The van der Waals surface area contributed by atoms with Crippen molar-refractivity contribution >= 4 is 0 Å². The molecule has 0 radical (unpaired) electrons. The molecule has 0 N–H and O–H groups in total. The smallest absolute Gasteiger partial charge is 0.325 e. The topological polar surface area (TPSA) is 94.1 Å². The lowest BCUT2D eigenvalue weighted by molar-refractivity contribution is 0.174. The Balaban J connectivity index is 1.29. The lowest BCUT2D eigenvalue weighted by atomic mass is 10.3. The fourth-order valence-corrected chi connectivity index (χ4v) is 2.94. The van der Waals surface area contributed by atoms with Crippen LogP contribution in [-0.2, 0) is 0 Å². The molecule has 0 saturated carbocycles. The van der Waals surface area contributed by atoms with Crippen molar-refractivity contribution in [2.24, 2.45) is 0 Å². The Morgan fingerprint density at radius 2 is 0.583 bits per heavy atom. The van der Waals surface area contributed by atoms with Crippen LogP contribution >= 0.6 is 0 Å². The van der Waals surface area contributed by atoms with Gasteiger partial charge in [-0.3, -0.25) is 0 Å². The molecule has 1 heterocycles. The molecule has 0 aliphatic carbocycles. The summed E-state index contributed by atoms with van der Waals surface area (Å²) in [6, 6.07) is 28.6. The fraction of sp³-hybridized carbons (Fsp3) is 0.222. The van der Waals surface area contributed by atoms with Crippen LogP contribution < -0.4 is 28.4 Å². The first-order chi connectivity index (χ1) is 17.8. The van der Waals surface area contributed by atoms with Crippen molar-refractivity contribution in [3.05, 3.63) is 91.0 Å². The minimum Gasteiger partial charge on any atom is -0.490 e. The van der Waals surface area contributed by atoms with Gasteiger partial charge in [-0.1, -0.05) is 54.6 Å². The van der Waals surface area contributed by atoms with Gasteiger partial charge in [-0.25, -0.2) is 0 Å². The van der Waals surface area contributed by atoms with Gasteiger partial charge in [-0.05, 0) is 36.4 Å². The Kier molecular flexibility index (Phi) is 9.57. The van der Waals surface area contributed by atoms with Crippen molar-refractivity contribution in [3.63, 3.8) is 0 Å². The molecule has 0 saturated heterocycles. The zero-order valence-electron chi connectivity index (χ0n) is 19.7. The normalized spacial score (nSPS) is 10.3. The third-order valence-corrected chi connectivity index (χ3v) is 4.55. The van der Waals surface area contributed by atoms with Gasteiger partial charge in [0.15, 0.2) is 0 Å². The summed E-state index contributed by atoms with van der Waals surface area (Å²) in [5.74, 6) is 2.25. The first kappa shape index (κ1) is 24.6. The summed E-state index contributed by atoms with van der Waals surface area (Å²) in [6.07, 6.45) is 0. The van der Waals surface area contributed by atoms with Crippen LogP contribution in [0.3, 0.4) is 0 Å². The van der Waals surface area contributed by atoms with Crippen LogP contribution in [0.15, 0.2) is 91.0 Å². The first-order valence-electron chi connectivity index (χ1n) is 11.5. The van der Waals surface area contributed by atoms with Crippen LogP contribution in [0.2, 0.25) is 0 Å². The summed E-state index contributed by atoms with van der Waals surface area (Å²) in [6.45, 7) is 1.64. The Morgan fingerprint density at radius 3 is 0.861 bits per heavy atom. The highest BCUT2D eigenvalue weighted by atomic mass is 16.6. The molecule has 1 aromatic heterocycles. The van der Waals surface area contributed by atoms with Gasteiger partial charge >= 0.3 is 18.0 Å². The molecule has 9 heteroatoms. The minimum absolute atomic E-state index is 0.0691. The molecule has 0 spiro atoms. The second kappa shape index (κ2) is 14.0. The largest absolute Gasteiger partial charge is 0.490 e. The van der Waals surface area contributed by atoms with E-state index in [0.29, 0.717) is 19.8 Å². The number of nitrogens with zero attached hydrogens (tertiary/aromatic N) is 3. The molecule has 36 heavy (non-hydrogen) atoms. The lowest BCUT2D eigenvalue weighted by Crippen LogP contribution is -2.15. The van der Waals surface area contributed by atoms with Gasteiger partial charge < -0.3 is 28.4 Å². The zero-order chi connectivity index (χ0) is 24.7. The van der Waals surface area contributed by atoms with E-state index in [1.54, 1.807) is 0 Å². The molecule has 3 aromatic carbocycles. The monoisotopic (exact) mass is 489 g/mol. The second-order valence-corrected chi connectivity index (χ2v) is 7.21. The average molecular weight is 490 g/mol. The molecule has 186 valence electrons.